The predicted molar refractivity (Wildman–Crippen MR) is 107 cm³/mol. The molecule has 1 aliphatic heterocycles. The van der Waals surface area contributed by atoms with Crippen LogP contribution in [0.4, 0.5) is 5.69 Å². The molecular weight excluding hydrogens is 350 g/mol. The molecule has 2 heterocycles. The zero-order valence-electron chi connectivity index (χ0n) is 15.0. The molecule has 3 rings (SSSR count). The number of nitrogens with one attached hydrogen (secondary N) is 1. The first-order valence-corrected chi connectivity index (χ1v) is 10.2. The smallest absolute Gasteiger partial charge is 0.234 e. The molecule has 4 nitrogen and oxygen atoms in total. The van der Waals surface area contributed by atoms with E-state index in [4.69, 9.17) is 4.99 Å². The van der Waals surface area contributed by atoms with Crippen LogP contribution in [0.25, 0.3) is 5.03 Å². The molecule has 132 valence electrons. The van der Waals surface area contributed by atoms with Crippen molar-refractivity contribution >= 4 is 39.7 Å². The van der Waals surface area contributed by atoms with Crippen LogP contribution in [0.3, 0.4) is 0 Å². The highest BCUT2D eigenvalue weighted by Crippen LogP contribution is 2.25. The highest BCUT2D eigenvalue weighted by molar-refractivity contribution is 8.08. The summed E-state index contributed by atoms with van der Waals surface area (Å²) in [6, 6.07) is 10.1. The third-order valence-corrected chi connectivity index (χ3v) is 6.19. The van der Waals surface area contributed by atoms with E-state index in [2.05, 4.69) is 37.1 Å². The maximum atomic E-state index is 12.3. The lowest BCUT2D eigenvalue weighted by molar-refractivity contribution is -0.113. The third kappa shape index (κ3) is 4.07. The number of carbonyl (C=O) groups is 1. The van der Waals surface area contributed by atoms with Crippen molar-refractivity contribution in [2.75, 3.05) is 17.6 Å². The van der Waals surface area contributed by atoms with Crippen LogP contribution in [0.15, 0.2) is 35.3 Å². The van der Waals surface area contributed by atoms with Gasteiger partial charge in [-0.1, -0.05) is 29.5 Å². The van der Waals surface area contributed by atoms with Crippen LogP contribution in [0.2, 0.25) is 0 Å². The number of thioether (sulfide) groups is 1. The van der Waals surface area contributed by atoms with Crippen molar-refractivity contribution in [3.63, 3.8) is 0 Å². The second kappa shape index (κ2) is 7.62. The fourth-order valence-electron chi connectivity index (χ4n) is 2.85. The van der Waals surface area contributed by atoms with Crippen molar-refractivity contribution in [1.29, 1.82) is 0 Å². The lowest BCUT2D eigenvalue weighted by atomic mass is 10.2. The normalized spacial score (nSPS) is 16.4. The maximum absolute atomic E-state index is 12.3. The van der Waals surface area contributed by atoms with Gasteiger partial charge in [0.05, 0.1) is 10.8 Å². The van der Waals surface area contributed by atoms with E-state index < -0.39 is 0 Å². The Kier molecular flexibility index (Phi) is 5.49. The van der Waals surface area contributed by atoms with Gasteiger partial charge in [0.1, 0.15) is 10.8 Å². The summed E-state index contributed by atoms with van der Waals surface area (Å²) in [5.41, 5.74) is 2.02. The number of aryl methyl sites for hydroxylation is 2. The highest BCUT2D eigenvalue weighted by atomic mass is 32.2. The van der Waals surface area contributed by atoms with Crippen LogP contribution in [0, 0.1) is 13.8 Å². The first kappa shape index (κ1) is 18.0. The minimum Gasteiger partial charge on any atom is -0.344 e. The summed E-state index contributed by atoms with van der Waals surface area (Å²) in [6.45, 7) is 9.25. The Morgan fingerprint density at radius 1 is 1.32 bits per heavy atom. The van der Waals surface area contributed by atoms with Crippen LogP contribution < -0.4 is 15.2 Å². The van der Waals surface area contributed by atoms with Gasteiger partial charge in [0.2, 0.25) is 5.91 Å². The van der Waals surface area contributed by atoms with Gasteiger partial charge in [0, 0.05) is 22.3 Å². The number of fused-ring (bicyclic) bond motifs is 1. The molecule has 1 atom stereocenters. The molecule has 1 aromatic carbocycles. The average molecular weight is 374 g/mol. The van der Waals surface area contributed by atoms with Crippen LogP contribution in [0.5, 0.6) is 0 Å². The van der Waals surface area contributed by atoms with Gasteiger partial charge in [0.15, 0.2) is 0 Å². The monoisotopic (exact) mass is 373 g/mol. The molecule has 0 spiro atoms. The molecule has 1 aromatic heterocycles. The molecule has 1 aliphatic rings. The number of hydrogen-bond donors (Lipinski definition) is 1. The van der Waals surface area contributed by atoms with Crippen molar-refractivity contribution < 1.29 is 4.79 Å². The van der Waals surface area contributed by atoms with E-state index >= 15 is 0 Å². The van der Waals surface area contributed by atoms with Gasteiger partial charge in [-0.25, -0.2) is 4.99 Å². The topological polar surface area (TPSA) is 44.7 Å². The molecule has 0 unspecified atom stereocenters. The van der Waals surface area contributed by atoms with Gasteiger partial charge in [0.25, 0.3) is 0 Å². The summed E-state index contributed by atoms with van der Waals surface area (Å²) >= 11 is 3.32. The zero-order valence-corrected chi connectivity index (χ0v) is 16.6. The number of carbonyl (C=O) groups excluding carboxylic acids is 1. The van der Waals surface area contributed by atoms with Gasteiger partial charge >= 0.3 is 0 Å². The van der Waals surface area contributed by atoms with Crippen LogP contribution in [-0.4, -0.2) is 29.3 Å². The molecule has 0 aliphatic carbocycles. The number of nitrogens with zero attached hydrogens (tertiary/aromatic N) is 2. The standard InChI is InChI=1S/C19H23N3OS2/c1-5-22-14(4)20-18-16(10-13(3)25-18)19(22)24-11-17(23)21-15-8-6-12(2)7-9-15/h6-10,14H,5,11H2,1-4H3,(H,21,23)/t14-/m1/s1. The number of thiophene rings is 1. The Bertz CT molecular complexity index is 886. The van der Waals surface area contributed by atoms with Crippen molar-refractivity contribution in [2.45, 2.75) is 33.9 Å². The Hall–Kier alpha value is -1.79. The molecule has 2 aromatic rings. The quantitative estimate of drug-likeness (QED) is 0.876. The Morgan fingerprint density at radius 3 is 2.72 bits per heavy atom. The third-order valence-electron chi connectivity index (χ3n) is 4.10. The summed E-state index contributed by atoms with van der Waals surface area (Å²) in [5.74, 6) is 0.405. The summed E-state index contributed by atoms with van der Waals surface area (Å²) in [6.07, 6.45) is 0.109. The number of amides is 1. The van der Waals surface area contributed by atoms with E-state index in [1.54, 1.807) is 23.1 Å². The van der Waals surface area contributed by atoms with Crippen molar-refractivity contribution in [3.05, 3.63) is 50.7 Å². The Balaban J connectivity index is 1.77. The van der Waals surface area contributed by atoms with Gasteiger partial charge in [-0.15, -0.1) is 11.3 Å². The first-order chi connectivity index (χ1) is 12.0. The summed E-state index contributed by atoms with van der Waals surface area (Å²) < 4.78 is 1.08. The van der Waals surface area contributed by atoms with Gasteiger partial charge in [-0.05, 0) is 45.9 Å². The van der Waals surface area contributed by atoms with E-state index in [1.165, 1.54) is 10.4 Å². The SMILES string of the molecule is CCN1C(SCC(=O)Nc2ccc(C)cc2)=c2cc(C)sc2=N[C@H]1C. The fraction of sp³-hybridized carbons (Fsp3) is 0.368. The average Bonchev–Trinajstić information content (AvgIpc) is 2.94. The van der Waals surface area contributed by atoms with E-state index in [0.717, 1.165) is 27.2 Å². The number of rotatable bonds is 5. The largest absolute Gasteiger partial charge is 0.344 e. The molecular formula is C19H23N3OS2. The van der Waals surface area contributed by atoms with Crippen LogP contribution >= 0.6 is 23.1 Å². The second-order valence-electron chi connectivity index (χ2n) is 6.13. The summed E-state index contributed by atoms with van der Waals surface area (Å²) in [7, 11) is 0. The van der Waals surface area contributed by atoms with E-state index in [-0.39, 0.29) is 12.1 Å². The zero-order chi connectivity index (χ0) is 18.0. The lowest BCUT2D eigenvalue weighted by Crippen LogP contribution is -2.42. The predicted octanol–water partition coefficient (Wildman–Crippen LogP) is 3.10. The molecule has 0 fully saturated rings. The number of anilines is 1. The number of hydrogen-bond acceptors (Lipinski definition) is 5. The van der Waals surface area contributed by atoms with Crippen molar-refractivity contribution in [2.24, 2.45) is 4.99 Å². The highest BCUT2D eigenvalue weighted by Gasteiger charge is 2.21. The second-order valence-corrected chi connectivity index (χ2v) is 8.33. The van der Waals surface area contributed by atoms with E-state index in [9.17, 15) is 4.79 Å². The molecule has 0 saturated heterocycles. The Labute approximate surface area is 156 Å². The minimum absolute atomic E-state index is 0.0149. The van der Waals surface area contributed by atoms with Gasteiger partial charge in [-0.3, -0.25) is 4.79 Å². The molecule has 0 saturated carbocycles. The first-order valence-electron chi connectivity index (χ1n) is 8.42. The van der Waals surface area contributed by atoms with Crippen LogP contribution in [0.1, 0.15) is 24.3 Å². The summed E-state index contributed by atoms with van der Waals surface area (Å²) in [4.78, 5) is 20.6. The van der Waals surface area contributed by atoms with Gasteiger partial charge < -0.3 is 10.2 Å². The minimum atomic E-state index is 0.0149. The molecule has 1 N–H and O–H groups in total. The molecule has 6 heteroatoms. The van der Waals surface area contributed by atoms with Gasteiger partial charge in [-0.2, -0.15) is 0 Å². The maximum Gasteiger partial charge on any atom is 0.234 e. The van der Waals surface area contributed by atoms with Crippen molar-refractivity contribution in [3.8, 4) is 0 Å². The van der Waals surface area contributed by atoms with E-state index in [1.807, 2.05) is 31.2 Å². The fourth-order valence-corrected chi connectivity index (χ4v) is 4.97. The van der Waals surface area contributed by atoms with Crippen LogP contribution in [-0.2, 0) is 4.79 Å². The molecule has 0 bridgehead atoms. The molecule has 1 amide bonds. The lowest BCUT2D eigenvalue weighted by Gasteiger charge is -2.31. The Morgan fingerprint density at radius 2 is 2.04 bits per heavy atom. The molecule has 25 heavy (non-hydrogen) atoms. The van der Waals surface area contributed by atoms with Crippen molar-refractivity contribution in [1.82, 2.24) is 4.90 Å². The number of benzene rings is 1. The summed E-state index contributed by atoms with van der Waals surface area (Å²) in [5, 5.41) is 5.29. The molecule has 0 radical (unpaired) electrons. The van der Waals surface area contributed by atoms with E-state index in [0.29, 0.717) is 5.75 Å².